The van der Waals surface area contributed by atoms with Crippen LogP contribution in [-0.4, -0.2) is 15.7 Å². The number of hydrogen-bond donors (Lipinski definition) is 1. The average molecular weight is 335 g/mol. The summed E-state index contributed by atoms with van der Waals surface area (Å²) in [6.07, 6.45) is 0. The van der Waals surface area contributed by atoms with Gasteiger partial charge in [-0.2, -0.15) is 5.10 Å². The van der Waals surface area contributed by atoms with Crippen LogP contribution in [0.1, 0.15) is 16.1 Å². The third-order valence-electron chi connectivity index (χ3n) is 3.55. The normalized spacial score (nSPS) is 10.3. The van der Waals surface area contributed by atoms with Crippen molar-refractivity contribution in [3.05, 3.63) is 88.3 Å². The Balaban J connectivity index is 1.61. The maximum Gasteiger partial charge on any atom is 0.276 e. The summed E-state index contributed by atoms with van der Waals surface area (Å²) in [5, 5.41) is 6.65. The zero-order valence-corrected chi connectivity index (χ0v) is 13.7. The van der Waals surface area contributed by atoms with Crippen LogP contribution < -0.4 is 15.6 Å². The second-order valence-corrected chi connectivity index (χ2v) is 5.43. The molecule has 1 amide bonds. The molecule has 6 nitrogen and oxygen atoms in total. The lowest BCUT2D eigenvalue weighted by Gasteiger charge is -2.08. The summed E-state index contributed by atoms with van der Waals surface area (Å²) < 4.78 is 6.82. The molecule has 0 spiro atoms. The average Bonchev–Trinajstić information content (AvgIpc) is 2.64. The highest BCUT2D eigenvalue weighted by atomic mass is 16.5. The van der Waals surface area contributed by atoms with Crippen molar-refractivity contribution < 1.29 is 9.53 Å². The second kappa shape index (κ2) is 7.44. The van der Waals surface area contributed by atoms with Crippen molar-refractivity contribution in [3.8, 4) is 5.75 Å². The van der Waals surface area contributed by atoms with Crippen molar-refractivity contribution in [2.45, 2.75) is 6.61 Å². The molecule has 0 bridgehead atoms. The van der Waals surface area contributed by atoms with E-state index in [9.17, 15) is 9.59 Å². The first-order chi connectivity index (χ1) is 12.1. The molecule has 0 aliphatic rings. The van der Waals surface area contributed by atoms with Gasteiger partial charge in [-0.3, -0.25) is 9.59 Å². The van der Waals surface area contributed by atoms with Gasteiger partial charge in [0.1, 0.15) is 18.1 Å². The van der Waals surface area contributed by atoms with E-state index < -0.39 is 0 Å². The van der Waals surface area contributed by atoms with E-state index in [1.165, 1.54) is 19.2 Å². The van der Waals surface area contributed by atoms with Crippen LogP contribution in [-0.2, 0) is 13.7 Å². The van der Waals surface area contributed by atoms with E-state index in [1.807, 2.05) is 30.3 Å². The minimum atomic E-state index is -0.381. The molecule has 0 unspecified atom stereocenters. The molecule has 0 aliphatic heterocycles. The zero-order valence-electron chi connectivity index (χ0n) is 13.7. The van der Waals surface area contributed by atoms with Crippen molar-refractivity contribution in [1.29, 1.82) is 0 Å². The van der Waals surface area contributed by atoms with Crippen LogP contribution in [0.15, 0.2) is 71.5 Å². The van der Waals surface area contributed by atoms with Gasteiger partial charge in [0, 0.05) is 18.8 Å². The number of carbonyl (C=O) groups is 1. The summed E-state index contributed by atoms with van der Waals surface area (Å²) >= 11 is 0. The highest BCUT2D eigenvalue weighted by Gasteiger charge is 2.09. The lowest BCUT2D eigenvalue weighted by Crippen LogP contribution is -2.23. The van der Waals surface area contributed by atoms with E-state index in [2.05, 4.69) is 10.4 Å². The molecular weight excluding hydrogens is 318 g/mol. The standard InChI is InChI=1S/C19H17N3O3/c1-22-18(23)12-11-17(21-22)19(24)20-15-7-9-16(10-8-15)25-13-14-5-3-2-4-6-14/h2-12H,13H2,1H3,(H,20,24). The molecule has 3 aromatic rings. The Labute approximate surface area is 144 Å². The van der Waals surface area contributed by atoms with Gasteiger partial charge in [0.05, 0.1) is 0 Å². The van der Waals surface area contributed by atoms with E-state index in [4.69, 9.17) is 4.74 Å². The number of anilines is 1. The fourth-order valence-electron chi connectivity index (χ4n) is 2.19. The predicted molar refractivity (Wildman–Crippen MR) is 94.6 cm³/mol. The first-order valence-corrected chi connectivity index (χ1v) is 7.74. The molecule has 1 N–H and O–H groups in total. The summed E-state index contributed by atoms with van der Waals surface area (Å²) in [5.41, 5.74) is 1.61. The SMILES string of the molecule is Cn1nc(C(=O)Nc2ccc(OCc3ccccc3)cc2)ccc1=O. The summed E-state index contributed by atoms with van der Waals surface area (Å²) in [7, 11) is 1.50. The highest BCUT2D eigenvalue weighted by molar-refractivity contribution is 6.02. The largest absolute Gasteiger partial charge is 0.489 e. The van der Waals surface area contributed by atoms with Gasteiger partial charge >= 0.3 is 0 Å². The van der Waals surface area contributed by atoms with Crippen LogP contribution in [0.25, 0.3) is 0 Å². The van der Waals surface area contributed by atoms with Crippen molar-refractivity contribution in [3.63, 3.8) is 0 Å². The first kappa shape index (κ1) is 16.4. The van der Waals surface area contributed by atoms with Crippen molar-refractivity contribution in [2.24, 2.45) is 7.05 Å². The molecule has 1 aromatic heterocycles. The van der Waals surface area contributed by atoms with E-state index in [-0.39, 0.29) is 17.2 Å². The number of hydrogen-bond acceptors (Lipinski definition) is 4. The monoisotopic (exact) mass is 335 g/mol. The van der Waals surface area contributed by atoms with Crippen molar-refractivity contribution in [1.82, 2.24) is 9.78 Å². The summed E-state index contributed by atoms with van der Waals surface area (Å²) in [5.74, 6) is 0.329. The molecule has 6 heteroatoms. The molecule has 0 atom stereocenters. The van der Waals surface area contributed by atoms with E-state index >= 15 is 0 Å². The second-order valence-electron chi connectivity index (χ2n) is 5.43. The zero-order chi connectivity index (χ0) is 17.6. The molecule has 0 saturated heterocycles. The maximum atomic E-state index is 12.2. The number of benzene rings is 2. The summed E-state index contributed by atoms with van der Waals surface area (Å²) in [4.78, 5) is 23.5. The van der Waals surface area contributed by atoms with Gasteiger partial charge < -0.3 is 10.1 Å². The fraction of sp³-hybridized carbons (Fsp3) is 0.105. The third kappa shape index (κ3) is 4.32. The minimum absolute atomic E-state index is 0.173. The van der Waals surface area contributed by atoms with Crippen LogP contribution >= 0.6 is 0 Å². The number of ether oxygens (including phenoxy) is 1. The molecule has 0 radical (unpaired) electrons. The maximum absolute atomic E-state index is 12.2. The van der Waals surface area contributed by atoms with Crippen molar-refractivity contribution in [2.75, 3.05) is 5.32 Å². The van der Waals surface area contributed by atoms with Crippen LogP contribution in [0.3, 0.4) is 0 Å². The first-order valence-electron chi connectivity index (χ1n) is 7.74. The fourth-order valence-corrected chi connectivity index (χ4v) is 2.19. The van der Waals surface area contributed by atoms with Gasteiger partial charge in [0.2, 0.25) is 0 Å². The summed E-state index contributed by atoms with van der Waals surface area (Å²) in [6.45, 7) is 0.481. The number of carbonyl (C=O) groups excluding carboxylic acids is 1. The Kier molecular flexibility index (Phi) is 4.89. The lowest BCUT2D eigenvalue weighted by molar-refractivity contribution is 0.102. The predicted octanol–water partition coefficient (Wildman–Crippen LogP) is 2.61. The van der Waals surface area contributed by atoms with Gasteiger partial charge in [-0.1, -0.05) is 30.3 Å². The van der Waals surface area contributed by atoms with Gasteiger partial charge in [-0.05, 0) is 35.9 Å². The Morgan fingerprint density at radius 1 is 1.04 bits per heavy atom. The molecule has 0 aliphatic carbocycles. The van der Waals surface area contributed by atoms with E-state index in [0.717, 1.165) is 10.2 Å². The van der Waals surface area contributed by atoms with Crippen LogP contribution in [0.2, 0.25) is 0 Å². The number of amides is 1. The molecule has 126 valence electrons. The van der Waals surface area contributed by atoms with Gasteiger partial charge in [-0.15, -0.1) is 0 Å². The number of nitrogens with zero attached hydrogens (tertiary/aromatic N) is 2. The number of nitrogens with one attached hydrogen (secondary N) is 1. The van der Waals surface area contributed by atoms with Gasteiger partial charge in [-0.25, -0.2) is 4.68 Å². The lowest BCUT2D eigenvalue weighted by atomic mass is 10.2. The molecule has 2 aromatic carbocycles. The molecular formula is C19H17N3O3. The number of aromatic nitrogens is 2. The Bertz CT molecular complexity index is 919. The Morgan fingerprint density at radius 3 is 2.44 bits per heavy atom. The van der Waals surface area contributed by atoms with Gasteiger partial charge in [0.15, 0.2) is 0 Å². The molecule has 3 rings (SSSR count). The highest BCUT2D eigenvalue weighted by Crippen LogP contribution is 2.17. The van der Waals surface area contributed by atoms with Crippen LogP contribution in [0.4, 0.5) is 5.69 Å². The minimum Gasteiger partial charge on any atom is -0.489 e. The quantitative estimate of drug-likeness (QED) is 0.778. The molecule has 1 heterocycles. The smallest absolute Gasteiger partial charge is 0.276 e. The Morgan fingerprint density at radius 2 is 1.76 bits per heavy atom. The number of aryl methyl sites for hydroxylation is 1. The van der Waals surface area contributed by atoms with E-state index in [0.29, 0.717) is 18.0 Å². The van der Waals surface area contributed by atoms with Gasteiger partial charge in [0.25, 0.3) is 11.5 Å². The number of rotatable bonds is 5. The third-order valence-corrected chi connectivity index (χ3v) is 3.55. The topological polar surface area (TPSA) is 73.2 Å². The molecule has 0 saturated carbocycles. The molecule has 25 heavy (non-hydrogen) atoms. The van der Waals surface area contributed by atoms with Crippen LogP contribution in [0.5, 0.6) is 5.75 Å². The van der Waals surface area contributed by atoms with E-state index in [1.54, 1.807) is 24.3 Å². The Hall–Kier alpha value is -3.41. The van der Waals surface area contributed by atoms with Crippen LogP contribution in [0, 0.1) is 0 Å². The summed E-state index contributed by atoms with van der Waals surface area (Å²) in [6, 6.07) is 19.6. The molecule has 0 fully saturated rings. The van der Waals surface area contributed by atoms with Crippen molar-refractivity contribution >= 4 is 11.6 Å².